The molecule has 1 amide bonds. The summed E-state index contributed by atoms with van der Waals surface area (Å²) < 4.78 is 35.0. The molecule has 1 heterocycles. The van der Waals surface area contributed by atoms with Crippen molar-refractivity contribution >= 4 is 21.6 Å². The number of ether oxygens (including phenoxy) is 1. The Morgan fingerprint density at radius 1 is 1.00 bits per heavy atom. The lowest BCUT2D eigenvalue weighted by atomic mass is 9.86. The molecule has 0 spiro atoms. The van der Waals surface area contributed by atoms with Gasteiger partial charge in [-0.3, -0.25) is 9.10 Å². The second kappa shape index (κ2) is 9.53. The summed E-state index contributed by atoms with van der Waals surface area (Å²) in [5.41, 5.74) is 5.01. The van der Waals surface area contributed by atoms with E-state index in [2.05, 4.69) is 44.3 Å². The number of carbonyl (C=O) groups excluding carboxylic acids is 1. The molecule has 37 heavy (non-hydrogen) atoms. The van der Waals surface area contributed by atoms with Crippen LogP contribution < -0.4 is 14.4 Å². The Bertz CT molecular complexity index is 1430. The Labute approximate surface area is 219 Å². The number of aryl methyl sites for hydroxylation is 2. The van der Waals surface area contributed by atoms with Gasteiger partial charge in [0.2, 0.25) is 0 Å². The van der Waals surface area contributed by atoms with Gasteiger partial charge in [0, 0.05) is 0 Å². The Morgan fingerprint density at radius 3 is 2.46 bits per heavy atom. The van der Waals surface area contributed by atoms with Crippen molar-refractivity contribution < 1.29 is 17.9 Å². The van der Waals surface area contributed by atoms with E-state index in [0.29, 0.717) is 11.4 Å². The average molecular weight is 519 g/mol. The monoisotopic (exact) mass is 518 g/mol. The molecule has 1 N–H and O–H groups in total. The van der Waals surface area contributed by atoms with Gasteiger partial charge in [-0.1, -0.05) is 63.2 Å². The molecule has 7 heteroatoms. The molecule has 0 fully saturated rings. The number of nitrogens with one attached hydrogen (secondary N) is 1. The summed E-state index contributed by atoms with van der Waals surface area (Å²) in [7, 11) is -3.92. The van der Waals surface area contributed by atoms with Crippen LogP contribution in [-0.2, 0) is 33.1 Å². The number of carbonyl (C=O) groups is 1. The topological polar surface area (TPSA) is 75.7 Å². The summed E-state index contributed by atoms with van der Waals surface area (Å²) in [6.45, 7) is 8.06. The summed E-state index contributed by atoms with van der Waals surface area (Å²) in [4.78, 5) is 13.6. The fourth-order valence-corrected chi connectivity index (χ4v) is 6.54. The van der Waals surface area contributed by atoms with Crippen LogP contribution in [0.5, 0.6) is 5.75 Å². The first kappa shape index (κ1) is 25.3. The van der Waals surface area contributed by atoms with E-state index in [1.807, 2.05) is 19.1 Å². The smallest absolute Gasteiger partial charge is 0.264 e. The fraction of sp³-hybridized carbons (Fsp3) is 0.367. The maximum absolute atomic E-state index is 13.8. The van der Waals surface area contributed by atoms with Crippen LogP contribution in [0, 0.1) is 0 Å². The molecule has 194 valence electrons. The van der Waals surface area contributed by atoms with Crippen LogP contribution in [0.3, 0.4) is 0 Å². The number of amides is 1. The van der Waals surface area contributed by atoms with Gasteiger partial charge in [0.15, 0.2) is 6.10 Å². The molecule has 1 aliphatic heterocycles. The maximum atomic E-state index is 13.8. The van der Waals surface area contributed by atoms with E-state index in [1.54, 1.807) is 36.4 Å². The van der Waals surface area contributed by atoms with Crippen LogP contribution in [-0.4, -0.2) is 27.0 Å². The van der Waals surface area contributed by atoms with Gasteiger partial charge in [0.05, 0.1) is 23.2 Å². The number of anilines is 1. The Balaban J connectivity index is 1.45. The van der Waals surface area contributed by atoms with E-state index in [9.17, 15) is 13.2 Å². The second-order valence-electron chi connectivity index (χ2n) is 11.0. The van der Waals surface area contributed by atoms with E-state index in [-0.39, 0.29) is 28.8 Å². The van der Waals surface area contributed by atoms with Gasteiger partial charge in [-0.05, 0) is 78.1 Å². The van der Waals surface area contributed by atoms with Crippen molar-refractivity contribution in [2.45, 2.75) is 69.4 Å². The Kier molecular flexibility index (Phi) is 6.52. The predicted molar refractivity (Wildman–Crippen MR) is 146 cm³/mol. The SMILES string of the molecule is C[C@@H](NC(=O)[C@H]1CN(S(=O)(=O)c2ccccc2)c2cc(C(C)(C)C)ccc2O1)c1ccc2c(c1)CCC2. The summed E-state index contributed by atoms with van der Waals surface area (Å²) in [5, 5.41) is 3.05. The predicted octanol–water partition coefficient (Wildman–Crippen LogP) is 5.31. The lowest BCUT2D eigenvalue weighted by Gasteiger charge is -2.36. The van der Waals surface area contributed by atoms with E-state index >= 15 is 0 Å². The summed E-state index contributed by atoms with van der Waals surface area (Å²) in [6, 6.07) is 20.0. The van der Waals surface area contributed by atoms with Crippen molar-refractivity contribution in [2.75, 3.05) is 10.8 Å². The summed E-state index contributed by atoms with van der Waals surface area (Å²) >= 11 is 0. The molecule has 3 aromatic rings. The minimum absolute atomic E-state index is 0.111. The van der Waals surface area contributed by atoms with Gasteiger partial charge in [0.1, 0.15) is 5.75 Å². The highest BCUT2D eigenvalue weighted by atomic mass is 32.2. The molecule has 0 unspecified atom stereocenters. The van der Waals surface area contributed by atoms with E-state index in [1.165, 1.54) is 15.4 Å². The van der Waals surface area contributed by atoms with Crippen LogP contribution in [0.1, 0.15) is 62.4 Å². The molecule has 5 rings (SSSR count). The number of hydrogen-bond acceptors (Lipinski definition) is 4. The van der Waals surface area contributed by atoms with Crippen LogP contribution >= 0.6 is 0 Å². The largest absolute Gasteiger partial charge is 0.476 e. The first-order chi connectivity index (χ1) is 17.5. The van der Waals surface area contributed by atoms with Crippen LogP contribution in [0.15, 0.2) is 71.6 Å². The van der Waals surface area contributed by atoms with Gasteiger partial charge < -0.3 is 10.1 Å². The number of benzene rings is 3. The summed E-state index contributed by atoms with van der Waals surface area (Å²) in [6.07, 6.45) is 2.35. The van der Waals surface area contributed by atoms with Gasteiger partial charge in [-0.25, -0.2) is 8.42 Å². The van der Waals surface area contributed by atoms with E-state index < -0.39 is 16.1 Å². The molecule has 6 nitrogen and oxygen atoms in total. The zero-order valence-electron chi connectivity index (χ0n) is 21.8. The average Bonchev–Trinajstić information content (AvgIpc) is 3.35. The fourth-order valence-electron chi connectivity index (χ4n) is 5.05. The number of sulfonamides is 1. The van der Waals surface area contributed by atoms with Crippen molar-refractivity contribution in [3.8, 4) is 5.75 Å². The van der Waals surface area contributed by atoms with Crippen molar-refractivity contribution in [1.29, 1.82) is 0 Å². The first-order valence-electron chi connectivity index (χ1n) is 12.8. The molecule has 0 bridgehead atoms. The highest BCUT2D eigenvalue weighted by Crippen LogP contribution is 2.40. The molecule has 2 aliphatic rings. The Hall–Kier alpha value is -3.32. The van der Waals surface area contributed by atoms with Crippen LogP contribution in [0.2, 0.25) is 0 Å². The zero-order chi connectivity index (χ0) is 26.4. The van der Waals surface area contributed by atoms with Gasteiger partial charge in [0.25, 0.3) is 15.9 Å². The van der Waals surface area contributed by atoms with Crippen molar-refractivity contribution in [3.05, 3.63) is 89.0 Å². The van der Waals surface area contributed by atoms with E-state index in [0.717, 1.165) is 30.4 Å². The lowest BCUT2D eigenvalue weighted by Crippen LogP contribution is -2.51. The first-order valence-corrected chi connectivity index (χ1v) is 14.3. The number of nitrogens with zero attached hydrogens (tertiary/aromatic N) is 1. The van der Waals surface area contributed by atoms with Crippen LogP contribution in [0.4, 0.5) is 5.69 Å². The third kappa shape index (κ3) is 4.97. The van der Waals surface area contributed by atoms with E-state index in [4.69, 9.17) is 4.74 Å². The van der Waals surface area contributed by atoms with Gasteiger partial charge >= 0.3 is 0 Å². The van der Waals surface area contributed by atoms with Crippen molar-refractivity contribution in [1.82, 2.24) is 5.32 Å². The molecular formula is C30H34N2O4S. The third-order valence-corrected chi connectivity index (χ3v) is 9.09. The van der Waals surface area contributed by atoms with Crippen molar-refractivity contribution in [3.63, 3.8) is 0 Å². The van der Waals surface area contributed by atoms with Crippen molar-refractivity contribution in [2.24, 2.45) is 0 Å². The molecule has 1 aliphatic carbocycles. The Morgan fingerprint density at radius 2 is 1.73 bits per heavy atom. The minimum atomic E-state index is -3.92. The molecule has 3 aromatic carbocycles. The molecule has 0 aromatic heterocycles. The molecule has 0 saturated heterocycles. The highest BCUT2D eigenvalue weighted by Gasteiger charge is 2.38. The minimum Gasteiger partial charge on any atom is -0.476 e. The quantitative estimate of drug-likeness (QED) is 0.497. The maximum Gasteiger partial charge on any atom is 0.264 e. The summed E-state index contributed by atoms with van der Waals surface area (Å²) in [5.74, 6) is 0.0379. The van der Waals surface area contributed by atoms with Crippen LogP contribution in [0.25, 0.3) is 0 Å². The standard InChI is InChI=1S/C30H34N2O4S/c1-20(22-14-13-21-9-8-10-23(21)17-22)31-29(33)28-19-32(37(34,35)25-11-6-5-7-12-25)26-18-24(30(2,3)4)15-16-27(26)36-28/h5-7,11-18,20,28H,8-10,19H2,1-4H3,(H,31,33)/t20-,28-/m1/s1. The molecule has 0 saturated carbocycles. The molecular weight excluding hydrogens is 484 g/mol. The van der Waals surface area contributed by atoms with Gasteiger partial charge in [-0.2, -0.15) is 0 Å². The number of fused-ring (bicyclic) bond motifs is 2. The molecule has 0 radical (unpaired) electrons. The van der Waals surface area contributed by atoms with Gasteiger partial charge in [-0.15, -0.1) is 0 Å². The highest BCUT2D eigenvalue weighted by molar-refractivity contribution is 7.92. The number of rotatable bonds is 5. The second-order valence-corrected chi connectivity index (χ2v) is 12.9. The zero-order valence-corrected chi connectivity index (χ0v) is 22.6. The lowest BCUT2D eigenvalue weighted by molar-refractivity contribution is -0.128. The normalized spacial score (nSPS) is 17.9. The third-order valence-electron chi connectivity index (χ3n) is 7.30. The molecule has 2 atom stereocenters. The number of hydrogen-bond donors (Lipinski definition) is 1.